The van der Waals surface area contributed by atoms with Crippen molar-refractivity contribution in [2.45, 2.75) is 13.5 Å². The van der Waals surface area contributed by atoms with Crippen molar-refractivity contribution >= 4 is 51.1 Å². The summed E-state index contributed by atoms with van der Waals surface area (Å²) in [4.78, 5) is 15.2. The Bertz CT molecular complexity index is 1240. The smallest absolute Gasteiger partial charge is 0.267 e. The first-order valence-corrected chi connectivity index (χ1v) is 11.7. The van der Waals surface area contributed by atoms with Gasteiger partial charge in [-0.3, -0.25) is 9.69 Å². The van der Waals surface area contributed by atoms with Gasteiger partial charge in [-0.25, -0.2) is 0 Å². The fraction of sp³-hybridized carbons (Fsp3) is 0.125. The lowest BCUT2D eigenvalue weighted by atomic mass is 10.2. The van der Waals surface area contributed by atoms with Crippen LogP contribution in [-0.4, -0.2) is 33.9 Å². The number of amidine groups is 1. The predicted octanol–water partition coefficient (Wildman–Crippen LogP) is 5.65. The monoisotopic (exact) mass is 525 g/mol. The maximum Gasteiger partial charge on any atom is 0.267 e. The van der Waals surface area contributed by atoms with Crippen molar-refractivity contribution in [1.29, 1.82) is 0 Å². The van der Waals surface area contributed by atoms with Gasteiger partial charge < -0.3 is 14.3 Å². The molecule has 1 fully saturated rings. The number of rotatable bonds is 7. The van der Waals surface area contributed by atoms with E-state index >= 15 is 0 Å². The van der Waals surface area contributed by atoms with Gasteiger partial charge in [0.2, 0.25) is 0 Å². The molecule has 1 aromatic heterocycles. The van der Waals surface area contributed by atoms with E-state index in [9.17, 15) is 9.90 Å². The largest absolute Gasteiger partial charge is 0.504 e. The third kappa shape index (κ3) is 5.74. The molecule has 1 aliphatic heterocycles. The number of aromatic hydroxyl groups is 1. The van der Waals surface area contributed by atoms with Crippen LogP contribution >= 0.6 is 27.7 Å². The normalized spacial score (nSPS) is 16.4. The predicted molar refractivity (Wildman–Crippen MR) is 133 cm³/mol. The van der Waals surface area contributed by atoms with E-state index in [0.717, 1.165) is 10.0 Å². The Kier molecular flexibility index (Phi) is 7.31. The Morgan fingerprint density at radius 3 is 2.82 bits per heavy atom. The number of phenolic OH excluding ortho intramolecular Hbond substituents is 1. The zero-order valence-corrected chi connectivity index (χ0v) is 20.0. The molecule has 0 radical (unpaired) electrons. The third-order valence-corrected chi connectivity index (χ3v) is 6.05. The van der Waals surface area contributed by atoms with E-state index < -0.39 is 0 Å². The molecule has 0 aliphatic carbocycles. The van der Waals surface area contributed by atoms with Gasteiger partial charge in [-0.05, 0) is 78.4 Å². The summed E-state index contributed by atoms with van der Waals surface area (Å²) in [5.41, 5.74) is 1.60. The van der Waals surface area contributed by atoms with Crippen LogP contribution < -0.4 is 4.74 Å². The summed E-state index contributed by atoms with van der Waals surface area (Å²) >= 11 is 4.70. The number of furan rings is 1. The first-order valence-electron chi connectivity index (χ1n) is 10.1. The molecule has 1 amide bonds. The van der Waals surface area contributed by atoms with Crippen LogP contribution in [0.2, 0.25) is 0 Å². The molecule has 7 nitrogen and oxygen atoms in total. The maximum absolute atomic E-state index is 13.1. The minimum absolute atomic E-state index is 0.0595. The lowest BCUT2D eigenvalue weighted by Crippen LogP contribution is -2.28. The second kappa shape index (κ2) is 10.5. The number of ether oxygens (including phenoxy) is 1. The Hall–Kier alpha value is -3.30. The van der Waals surface area contributed by atoms with Gasteiger partial charge >= 0.3 is 0 Å². The van der Waals surface area contributed by atoms with Crippen molar-refractivity contribution in [3.8, 4) is 11.5 Å². The molecule has 0 bridgehead atoms. The number of hydrogen-bond donors (Lipinski definition) is 1. The summed E-state index contributed by atoms with van der Waals surface area (Å²) < 4.78 is 11.8. The molecule has 0 unspecified atom stereocenters. The Labute approximate surface area is 203 Å². The molecule has 2 heterocycles. The standard InChI is InChI=1S/C24H20BrN3O4S/c1-2-31-21-12-17(8-9-20(21)29)14-26-27-24-28(15-19-7-4-10-32-19)23(30)22(33-24)13-16-5-3-6-18(25)11-16/h3-14,29H,2,15H2,1H3/b22-13-,26-14-,27-24+. The second-order valence-corrected chi connectivity index (χ2v) is 8.85. The Balaban J connectivity index is 1.61. The van der Waals surface area contributed by atoms with Crippen LogP contribution in [0.3, 0.4) is 0 Å². The lowest BCUT2D eigenvalue weighted by molar-refractivity contribution is -0.122. The number of phenols is 1. The van der Waals surface area contributed by atoms with Crippen molar-refractivity contribution in [1.82, 2.24) is 4.90 Å². The highest BCUT2D eigenvalue weighted by Crippen LogP contribution is 2.34. The van der Waals surface area contributed by atoms with Crippen molar-refractivity contribution in [3.63, 3.8) is 0 Å². The molecule has 0 atom stereocenters. The van der Waals surface area contributed by atoms with Crippen LogP contribution in [-0.2, 0) is 11.3 Å². The number of nitrogens with zero attached hydrogens (tertiary/aromatic N) is 3. The lowest BCUT2D eigenvalue weighted by Gasteiger charge is -2.12. The number of halogens is 1. The van der Waals surface area contributed by atoms with Crippen molar-refractivity contribution < 1.29 is 19.1 Å². The molecule has 3 aromatic rings. The molecule has 1 N–H and O–H groups in total. The Morgan fingerprint density at radius 1 is 1.18 bits per heavy atom. The molecular formula is C24H20BrN3O4S. The average Bonchev–Trinajstić information content (AvgIpc) is 3.41. The number of hydrogen-bond acceptors (Lipinski definition) is 7. The van der Waals surface area contributed by atoms with Crippen LogP contribution in [0.15, 0.2) is 84.9 Å². The van der Waals surface area contributed by atoms with Crippen molar-refractivity contribution in [2.24, 2.45) is 10.2 Å². The highest BCUT2D eigenvalue weighted by Gasteiger charge is 2.34. The van der Waals surface area contributed by atoms with Crippen molar-refractivity contribution in [2.75, 3.05) is 6.61 Å². The molecule has 1 aliphatic rings. The number of thioether (sulfide) groups is 1. The van der Waals surface area contributed by atoms with E-state index in [-0.39, 0.29) is 18.2 Å². The molecule has 0 saturated carbocycles. The van der Waals surface area contributed by atoms with Gasteiger partial charge in [0.25, 0.3) is 5.91 Å². The summed E-state index contributed by atoms with van der Waals surface area (Å²) in [5, 5.41) is 18.8. The topological polar surface area (TPSA) is 87.6 Å². The summed E-state index contributed by atoms with van der Waals surface area (Å²) in [6.07, 6.45) is 4.94. The number of carbonyl (C=O) groups is 1. The molecule has 2 aromatic carbocycles. The van der Waals surface area contributed by atoms with Crippen LogP contribution in [0.1, 0.15) is 23.8 Å². The Morgan fingerprint density at radius 2 is 2.06 bits per heavy atom. The average molecular weight is 526 g/mol. The first kappa shape index (κ1) is 22.9. The molecule has 33 heavy (non-hydrogen) atoms. The molecule has 1 saturated heterocycles. The van der Waals surface area contributed by atoms with Crippen LogP contribution in [0.25, 0.3) is 6.08 Å². The van der Waals surface area contributed by atoms with Gasteiger partial charge in [0, 0.05) is 4.47 Å². The molecule has 0 spiro atoms. The van der Waals surface area contributed by atoms with E-state index in [1.54, 1.807) is 36.7 Å². The van der Waals surface area contributed by atoms with E-state index in [0.29, 0.717) is 33.8 Å². The SMILES string of the molecule is CCOc1cc(/C=N\N=C2\S/C(=C\c3cccc(Br)c3)C(=O)N2Cc2ccco2)ccc1O. The summed E-state index contributed by atoms with van der Waals surface area (Å²) in [7, 11) is 0. The van der Waals surface area contributed by atoms with Gasteiger partial charge in [0.15, 0.2) is 16.7 Å². The highest BCUT2D eigenvalue weighted by molar-refractivity contribution is 9.10. The quantitative estimate of drug-likeness (QED) is 0.244. The molecule has 4 rings (SSSR count). The zero-order valence-electron chi connectivity index (χ0n) is 17.6. The first-order chi connectivity index (χ1) is 16.0. The number of benzene rings is 2. The fourth-order valence-electron chi connectivity index (χ4n) is 3.06. The summed E-state index contributed by atoms with van der Waals surface area (Å²) in [6, 6.07) is 16.2. The number of amides is 1. The van der Waals surface area contributed by atoms with Crippen molar-refractivity contribution in [3.05, 3.63) is 87.1 Å². The summed E-state index contributed by atoms with van der Waals surface area (Å²) in [6.45, 7) is 2.52. The minimum Gasteiger partial charge on any atom is -0.504 e. The summed E-state index contributed by atoms with van der Waals surface area (Å²) in [5.74, 6) is 0.903. The zero-order chi connectivity index (χ0) is 23.2. The second-order valence-electron chi connectivity index (χ2n) is 6.92. The van der Waals surface area contributed by atoms with Gasteiger partial charge in [-0.1, -0.05) is 28.1 Å². The van der Waals surface area contributed by atoms with E-state index in [2.05, 4.69) is 26.1 Å². The molecule has 168 valence electrons. The molecule has 9 heteroatoms. The van der Waals surface area contributed by atoms with Gasteiger partial charge in [0.05, 0.1) is 30.5 Å². The van der Waals surface area contributed by atoms with Gasteiger partial charge in [-0.15, -0.1) is 5.10 Å². The van der Waals surface area contributed by atoms with E-state index in [1.165, 1.54) is 22.7 Å². The third-order valence-electron chi connectivity index (χ3n) is 4.56. The van der Waals surface area contributed by atoms with Gasteiger partial charge in [-0.2, -0.15) is 5.10 Å². The number of carbonyl (C=O) groups excluding carboxylic acids is 1. The molecular weight excluding hydrogens is 506 g/mol. The van der Waals surface area contributed by atoms with Crippen LogP contribution in [0.4, 0.5) is 0 Å². The van der Waals surface area contributed by atoms with E-state index in [1.807, 2.05) is 37.3 Å². The highest BCUT2D eigenvalue weighted by atomic mass is 79.9. The van der Waals surface area contributed by atoms with Crippen LogP contribution in [0, 0.1) is 0 Å². The maximum atomic E-state index is 13.1. The van der Waals surface area contributed by atoms with Gasteiger partial charge in [0.1, 0.15) is 5.76 Å². The minimum atomic E-state index is -0.173. The fourth-order valence-corrected chi connectivity index (χ4v) is 4.41. The van der Waals surface area contributed by atoms with Crippen LogP contribution in [0.5, 0.6) is 11.5 Å². The van der Waals surface area contributed by atoms with E-state index in [4.69, 9.17) is 9.15 Å².